The zero-order chi connectivity index (χ0) is 20.7. The van der Waals surface area contributed by atoms with E-state index in [0.29, 0.717) is 0 Å². The van der Waals surface area contributed by atoms with Crippen molar-refractivity contribution in [3.05, 3.63) is 64.7 Å². The summed E-state index contributed by atoms with van der Waals surface area (Å²) < 4.78 is 29.3. The molecule has 0 bridgehead atoms. The van der Waals surface area contributed by atoms with Crippen LogP contribution in [0.2, 0.25) is 0 Å². The van der Waals surface area contributed by atoms with Crippen LogP contribution in [0.25, 0.3) is 0 Å². The predicted molar refractivity (Wildman–Crippen MR) is 102 cm³/mol. The number of nitrogens with one attached hydrogen (secondary N) is 1. The number of benzene rings is 2. The van der Waals surface area contributed by atoms with E-state index < -0.39 is 24.7 Å². The molecule has 2 rings (SSSR count). The minimum absolute atomic E-state index is 0.0711. The lowest BCUT2D eigenvalue weighted by atomic mass is 10.3. The maximum atomic E-state index is 13.3. The van der Waals surface area contributed by atoms with Gasteiger partial charge in [0.2, 0.25) is 0 Å². The van der Waals surface area contributed by atoms with E-state index in [1.807, 2.05) is 0 Å². The van der Waals surface area contributed by atoms with Crippen molar-refractivity contribution < 1.29 is 28.1 Å². The van der Waals surface area contributed by atoms with Gasteiger partial charge >= 0.3 is 13.7 Å². The molecule has 0 aromatic heterocycles. The fourth-order valence-corrected chi connectivity index (χ4v) is 3.60. The van der Waals surface area contributed by atoms with Crippen LogP contribution in [0.1, 0.15) is 20.8 Å². The maximum Gasteiger partial charge on any atom is 0.513 e. The van der Waals surface area contributed by atoms with Gasteiger partial charge in [0.05, 0.1) is 11.0 Å². The first-order valence-corrected chi connectivity index (χ1v) is 10.00. The van der Waals surface area contributed by atoms with Crippen molar-refractivity contribution in [2.24, 2.45) is 0 Å². The molecule has 0 fully saturated rings. The summed E-state index contributed by atoms with van der Waals surface area (Å²) in [5.41, 5.74) is -0.145. The quantitative estimate of drug-likeness (QED) is 0.285. The van der Waals surface area contributed by atoms with Crippen LogP contribution < -0.4 is 14.1 Å². The van der Waals surface area contributed by atoms with E-state index >= 15 is 0 Å². The molecule has 0 aliphatic carbocycles. The van der Waals surface area contributed by atoms with Crippen LogP contribution in [-0.4, -0.2) is 23.0 Å². The van der Waals surface area contributed by atoms with Crippen LogP contribution in [0.5, 0.6) is 11.5 Å². The molecule has 150 valence electrons. The Morgan fingerprint density at radius 2 is 1.54 bits per heavy atom. The van der Waals surface area contributed by atoms with Crippen molar-refractivity contribution in [2.45, 2.75) is 32.9 Å². The van der Waals surface area contributed by atoms with Crippen LogP contribution in [0.3, 0.4) is 0 Å². The van der Waals surface area contributed by atoms with Crippen molar-refractivity contribution in [1.82, 2.24) is 5.09 Å². The number of ether oxygens (including phenoxy) is 1. The van der Waals surface area contributed by atoms with Gasteiger partial charge in [0, 0.05) is 12.1 Å². The number of carbonyl (C=O) groups excluding carboxylic acids is 1. The number of rotatable bonds is 9. The number of nitro benzene ring substituents is 1. The van der Waals surface area contributed by atoms with Gasteiger partial charge in [-0.1, -0.05) is 18.2 Å². The smallest absolute Gasteiger partial charge is 0.462 e. The molecule has 2 aromatic rings. The summed E-state index contributed by atoms with van der Waals surface area (Å²) in [4.78, 5) is 22.3. The highest BCUT2D eigenvalue weighted by Crippen LogP contribution is 2.45. The molecular formula is C18H21N2O7P. The number of esters is 1. The Labute approximate surface area is 162 Å². The van der Waals surface area contributed by atoms with Gasteiger partial charge in [-0.15, -0.1) is 0 Å². The van der Waals surface area contributed by atoms with Crippen molar-refractivity contribution in [3.8, 4) is 11.5 Å². The standard InChI is InChI=1S/C18H21N2O7P/c1-13(2)25-18(21)14(3)19-28(24,26-16-7-5-4-6-8-16)27-17-11-9-15(10-12-17)20(22)23/h4-14H,1-3H3,(H,19,24). The first-order chi connectivity index (χ1) is 13.2. The number of hydrogen-bond acceptors (Lipinski definition) is 7. The van der Waals surface area contributed by atoms with E-state index in [1.54, 1.807) is 44.2 Å². The highest BCUT2D eigenvalue weighted by atomic mass is 31.2. The number of nitro groups is 1. The van der Waals surface area contributed by atoms with Gasteiger partial charge in [-0.3, -0.25) is 14.9 Å². The van der Waals surface area contributed by atoms with Crippen molar-refractivity contribution >= 4 is 19.4 Å². The normalized spacial score (nSPS) is 14.0. The molecular weight excluding hydrogens is 387 g/mol. The molecule has 0 spiro atoms. The maximum absolute atomic E-state index is 13.3. The minimum Gasteiger partial charge on any atom is -0.462 e. The molecule has 10 heteroatoms. The summed E-state index contributed by atoms with van der Waals surface area (Å²) in [5, 5.41) is 13.3. The Morgan fingerprint density at radius 3 is 2.04 bits per heavy atom. The largest absolute Gasteiger partial charge is 0.513 e. The number of nitrogens with zero attached hydrogens (tertiary/aromatic N) is 1. The van der Waals surface area contributed by atoms with E-state index in [0.717, 1.165) is 0 Å². The predicted octanol–water partition coefficient (Wildman–Crippen LogP) is 4.09. The Balaban J connectivity index is 2.23. The molecule has 2 atom stereocenters. The van der Waals surface area contributed by atoms with Crippen LogP contribution >= 0.6 is 7.75 Å². The Kier molecular flexibility index (Phi) is 7.14. The van der Waals surface area contributed by atoms with Crippen molar-refractivity contribution in [3.63, 3.8) is 0 Å². The molecule has 2 aromatic carbocycles. The molecule has 28 heavy (non-hydrogen) atoms. The average molecular weight is 408 g/mol. The third-order valence-electron chi connectivity index (χ3n) is 3.30. The summed E-state index contributed by atoms with van der Waals surface area (Å²) >= 11 is 0. The Morgan fingerprint density at radius 1 is 1.00 bits per heavy atom. The molecule has 0 aliphatic rings. The third kappa shape index (κ3) is 6.37. The molecule has 0 heterocycles. The average Bonchev–Trinajstić information content (AvgIpc) is 2.62. The van der Waals surface area contributed by atoms with Crippen molar-refractivity contribution in [2.75, 3.05) is 0 Å². The summed E-state index contributed by atoms with van der Waals surface area (Å²) in [6.07, 6.45) is -0.346. The number of para-hydroxylation sites is 1. The van der Waals surface area contributed by atoms with E-state index in [4.69, 9.17) is 13.8 Å². The van der Waals surface area contributed by atoms with Gasteiger partial charge in [0.25, 0.3) is 5.69 Å². The molecule has 1 N–H and O–H groups in total. The van der Waals surface area contributed by atoms with E-state index in [2.05, 4.69) is 5.09 Å². The Bertz CT molecular complexity index is 856. The number of carbonyl (C=O) groups is 1. The first-order valence-electron chi connectivity index (χ1n) is 8.45. The second-order valence-electron chi connectivity index (χ2n) is 6.08. The fraction of sp³-hybridized carbons (Fsp3) is 0.278. The number of non-ortho nitro benzene ring substituents is 1. The van der Waals surface area contributed by atoms with E-state index in [9.17, 15) is 19.5 Å². The SMILES string of the molecule is CC(C)OC(=O)C(C)NP(=O)(Oc1ccccc1)Oc1ccc([N+](=O)[O-])cc1. The second-order valence-corrected chi connectivity index (χ2v) is 7.70. The lowest BCUT2D eigenvalue weighted by Gasteiger charge is -2.23. The molecule has 0 aliphatic heterocycles. The van der Waals surface area contributed by atoms with Gasteiger partial charge < -0.3 is 13.8 Å². The van der Waals surface area contributed by atoms with Crippen molar-refractivity contribution in [1.29, 1.82) is 0 Å². The van der Waals surface area contributed by atoms with E-state index in [1.165, 1.54) is 31.2 Å². The van der Waals surface area contributed by atoms with E-state index in [-0.39, 0.29) is 23.3 Å². The molecule has 0 saturated heterocycles. The molecule has 0 amide bonds. The van der Waals surface area contributed by atoms with Crippen LogP contribution in [-0.2, 0) is 14.1 Å². The molecule has 0 saturated carbocycles. The number of hydrogen-bond donors (Lipinski definition) is 1. The van der Waals surface area contributed by atoms with Crippen LogP contribution in [0, 0.1) is 10.1 Å². The monoisotopic (exact) mass is 408 g/mol. The summed E-state index contributed by atoms with van der Waals surface area (Å²) in [6, 6.07) is 12.3. The lowest BCUT2D eigenvalue weighted by Crippen LogP contribution is -2.36. The zero-order valence-electron chi connectivity index (χ0n) is 15.6. The highest BCUT2D eigenvalue weighted by Gasteiger charge is 2.34. The zero-order valence-corrected chi connectivity index (χ0v) is 16.5. The fourth-order valence-electron chi connectivity index (χ4n) is 2.08. The van der Waals surface area contributed by atoms with Gasteiger partial charge in [-0.2, -0.15) is 5.09 Å². The Hall–Kier alpha value is -2.90. The van der Waals surface area contributed by atoms with Crippen LogP contribution in [0.4, 0.5) is 5.69 Å². The minimum atomic E-state index is -4.08. The summed E-state index contributed by atoms with van der Waals surface area (Å²) in [5.74, 6) is -0.300. The van der Waals surface area contributed by atoms with Gasteiger partial charge in [-0.25, -0.2) is 4.57 Å². The van der Waals surface area contributed by atoms with Crippen LogP contribution in [0.15, 0.2) is 54.6 Å². The second kappa shape index (κ2) is 9.34. The lowest BCUT2D eigenvalue weighted by molar-refractivity contribution is -0.384. The highest BCUT2D eigenvalue weighted by molar-refractivity contribution is 7.52. The summed E-state index contributed by atoms with van der Waals surface area (Å²) in [6.45, 7) is 4.85. The van der Waals surface area contributed by atoms with Gasteiger partial charge in [-0.05, 0) is 45.0 Å². The van der Waals surface area contributed by atoms with Gasteiger partial charge in [0.1, 0.15) is 17.5 Å². The molecule has 9 nitrogen and oxygen atoms in total. The van der Waals surface area contributed by atoms with Gasteiger partial charge in [0.15, 0.2) is 0 Å². The summed E-state index contributed by atoms with van der Waals surface area (Å²) in [7, 11) is -4.08. The molecule has 0 radical (unpaired) electrons. The molecule has 2 unspecified atom stereocenters. The first kappa shape index (κ1) is 21.4. The topological polar surface area (TPSA) is 117 Å². The third-order valence-corrected chi connectivity index (χ3v) is 4.90.